The summed E-state index contributed by atoms with van der Waals surface area (Å²) in [5, 5.41) is 32.0. The van der Waals surface area contributed by atoms with Crippen LogP contribution in [0.5, 0.6) is 0 Å². The molecule has 348 valence electrons. The third-order valence-corrected chi connectivity index (χ3v) is 9.87. The van der Waals surface area contributed by atoms with Gasteiger partial charge in [-0.15, -0.1) is 0 Å². The molecule has 0 aliphatic carbocycles. The van der Waals surface area contributed by atoms with E-state index in [9.17, 15) is 45.5 Å². The van der Waals surface area contributed by atoms with E-state index in [1.807, 2.05) is 0 Å². The summed E-state index contributed by atoms with van der Waals surface area (Å²) in [7, 11) is 0. The van der Waals surface area contributed by atoms with Gasteiger partial charge in [0.05, 0.1) is 37.6 Å². The van der Waals surface area contributed by atoms with E-state index in [4.69, 9.17) is 76.5 Å². The molecule has 67 heavy (non-hydrogen) atoms. The number of fused-ring (bicyclic) bond motifs is 2. The number of rotatable bonds is 10. The van der Waals surface area contributed by atoms with Crippen molar-refractivity contribution in [2.45, 2.75) is 31.2 Å². The van der Waals surface area contributed by atoms with Crippen molar-refractivity contribution in [2.75, 3.05) is 0 Å². The van der Waals surface area contributed by atoms with Gasteiger partial charge in [-0.25, -0.2) is 9.97 Å². The number of halogens is 10. The van der Waals surface area contributed by atoms with Gasteiger partial charge in [0, 0.05) is 47.5 Å². The molecule has 0 amide bonds. The Morgan fingerprint density at radius 1 is 0.642 bits per heavy atom. The average Bonchev–Trinajstić information content (AvgIpc) is 4.06. The minimum absolute atomic E-state index is 0.0288. The van der Waals surface area contributed by atoms with E-state index in [-0.39, 0.29) is 72.6 Å². The maximum Gasteiger partial charge on any atom is 0.417 e. The smallest absolute Gasteiger partial charge is 0.417 e. The molecule has 8 rings (SSSR count). The van der Waals surface area contributed by atoms with E-state index in [2.05, 4.69) is 30.2 Å². The standard InChI is InChI=1S/C19H12Cl2F3N5O3.C17H7Cl2F3N4O2.C3H4O4/c20-11-3-8(13(25)5-15(30)31)1-2-10(11)16-27-18(32-28-16)14-7-29-6-9(19(22,23)24)4-12(21)17(29)26-14;18-11-3-8(7-27)1-2-10(11)14-24-16(28-25-14)13-6-26-5-9(17(20,21)22)4-12(19)15(26)23-13;4-2(5)1-3(6)7/h1-4,6-7,13H,5,25H2,(H,30,31);1-7H;1H2,(H,4,5)(H,6,7). The lowest BCUT2D eigenvalue weighted by Gasteiger charge is -2.10. The lowest BCUT2D eigenvalue weighted by molar-refractivity contribution is -0.147. The summed E-state index contributed by atoms with van der Waals surface area (Å²) in [5.41, 5.74) is 6.14. The van der Waals surface area contributed by atoms with E-state index in [1.165, 1.54) is 30.6 Å². The number of nitrogens with zero attached hydrogens (tertiary/aromatic N) is 8. The SMILES string of the molecule is NC(CC(=O)O)c1ccc(-c2noc(-c3cn4cc(C(F)(F)F)cc(Cl)c4n3)n2)c(Cl)c1.O=C(O)CC(=O)O.O=Cc1ccc(-c2noc(-c3cn4cc(C(F)(F)F)cc(Cl)c4n3)n2)c(Cl)c1. The van der Waals surface area contributed by atoms with E-state index < -0.39 is 53.9 Å². The predicted molar refractivity (Wildman–Crippen MR) is 222 cm³/mol. The summed E-state index contributed by atoms with van der Waals surface area (Å²) in [4.78, 5) is 57.2. The molecule has 1 atom stereocenters. The van der Waals surface area contributed by atoms with Gasteiger partial charge in [0.15, 0.2) is 11.3 Å². The first-order valence-corrected chi connectivity index (χ1v) is 19.6. The fourth-order valence-electron chi connectivity index (χ4n) is 5.67. The van der Waals surface area contributed by atoms with Crippen LogP contribution < -0.4 is 5.73 Å². The topological polar surface area (TPSA) is 267 Å². The van der Waals surface area contributed by atoms with Gasteiger partial charge in [-0.1, -0.05) is 68.8 Å². The zero-order valence-electron chi connectivity index (χ0n) is 32.7. The Bertz CT molecular complexity index is 3180. The minimum Gasteiger partial charge on any atom is -0.481 e. The number of carbonyl (C=O) groups is 4. The molecule has 6 aromatic heterocycles. The Balaban J connectivity index is 0.000000195. The second-order valence-electron chi connectivity index (χ2n) is 13.5. The van der Waals surface area contributed by atoms with Crippen LogP contribution in [0.15, 0.2) is 82.4 Å². The number of pyridine rings is 2. The van der Waals surface area contributed by atoms with Gasteiger partial charge < -0.3 is 38.9 Å². The highest BCUT2D eigenvalue weighted by Crippen LogP contribution is 2.36. The number of hydrogen-bond donors (Lipinski definition) is 4. The van der Waals surface area contributed by atoms with E-state index in [1.54, 1.807) is 18.2 Å². The van der Waals surface area contributed by atoms with E-state index >= 15 is 0 Å². The number of carbonyl (C=O) groups excluding carboxylic acids is 1. The number of alkyl halides is 6. The molecule has 5 N–H and O–H groups in total. The summed E-state index contributed by atoms with van der Waals surface area (Å²) < 4.78 is 90.5. The fraction of sp³-hybridized carbons (Fsp3) is 0.128. The van der Waals surface area contributed by atoms with Crippen LogP contribution in [0.3, 0.4) is 0 Å². The lowest BCUT2D eigenvalue weighted by Crippen LogP contribution is -2.14. The Morgan fingerprint density at radius 3 is 1.46 bits per heavy atom. The molecule has 0 fully saturated rings. The summed E-state index contributed by atoms with van der Waals surface area (Å²) in [6, 6.07) is 10.0. The number of carboxylic acid groups (broad SMARTS) is 3. The Kier molecular flexibility index (Phi) is 14.6. The van der Waals surface area contributed by atoms with Gasteiger partial charge >= 0.3 is 30.3 Å². The molecule has 0 saturated heterocycles. The van der Waals surface area contributed by atoms with Crippen molar-refractivity contribution >= 4 is 81.9 Å². The van der Waals surface area contributed by atoms with E-state index in [0.29, 0.717) is 28.5 Å². The number of hydrogen-bond acceptors (Lipinski definition) is 13. The van der Waals surface area contributed by atoms with Crippen molar-refractivity contribution < 1.29 is 69.9 Å². The van der Waals surface area contributed by atoms with E-state index in [0.717, 1.165) is 33.3 Å². The van der Waals surface area contributed by atoms with Crippen molar-refractivity contribution in [3.05, 3.63) is 116 Å². The zero-order valence-corrected chi connectivity index (χ0v) is 35.7. The molecule has 0 aliphatic heterocycles. The fourth-order valence-corrected chi connectivity index (χ4v) is 6.73. The van der Waals surface area contributed by atoms with Crippen molar-refractivity contribution in [1.82, 2.24) is 39.1 Å². The van der Waals surface area contributed by atoms with Gasteiger partial charge in [0.25, 0.3) is 11.8 Å². The molecule has 28 heteroatoms. The van der Waals surface area contributed by atoms with Crippen molar-refractivity contribution in [1.29, 1.82) is 0 Å². The second-order valence-corrected chi connectivity index (χ2v) is 15.1. The van der Waals surface area contributed by atoms with Crippen LogP contribution >= 0.6 is 46.4 Å². The first-order valence-electron chi connectivity index (χ1n) is 18.1. The Hall–Kier alpha value is -7.12. The number of nitrogens with two attached hydrogens (primary N) is 1. The molecule has 1 unspecified atom stereocenters. The number of benzene rings is 2. The third kappa shape index (κ3) is 11.8. The highest BCUT2D eigenvalue weighted by atomic mass is 35.5. The van der Waals surface area contributed by atoms with Crippen LogP contribution in [-0.2, 0) is 26.7 Å². The number of aromatic nitrogens is 8. The van der Waals surface area contributed by atoms with Gasteiger partial charge in [0.2, 0.25) is 11.6 Å². The van der Waals surface area contributed by atoms with Gasteiger partial charge in [-0.3, -0.25) is 19.2 Å². The largest absolute Gasteiger partial charge is 0.481 e. The summed E-state index contributed by atoms with van der Waals surface area (Å²) in [6.45, 7) is 0. The van der Waals surface area contributed by atoms with Gasteiger partial charge in [-0.05, 0) is 42.0 Å². The summed E-state index contributed by atoms with van der Waals surface area (Å²) in [5.74, 6) is -3.52. The monoisotopic (exact) mass is 1020 g/mol. The second kappa shape index (κ2) is 19.8. The molecule has 2 aromatic carbocycles. The van der Waals surface area contributed by atoms with Crippen LogP contribution in [0, 0.1) is 0 Å². The molecule has 0 radical (unpaired) electrons. The van der Waals surface area contributed by atoms with Crippen molar-refractivity contribution in [3.63, 3.8) is 0 Å². The molecule has 18 nitrogen and oxygen atoms in total. The van der Waals surface area contributed by atoms with Crippen LogP contribution in [0.1, 0.15) is 45.9 Å². The van der Waals surface area contributed by atoms with Crippen LogP contribution in [-0.4, -0.2) is 78.6 Å². The Morgan fingerprint density at radius 2 is 1.09 bits per heavy atom. The van der Waals surface area contributed by atoms with Crippen LogP contribution in [0.25, 0.3) is 57.2 Å². The molecule has 0 bridgehead atoms. The van der Waals surface area contributed by atoms with Crippen LogP contribution in [0.2, 0.25) is 20.1 Å². The molecule has 6 heterocycles. The molecule has 8 aromatic rings. The highest BCUT2D eigenvalue weighted by Gasteiger charge is 2.33. The van der Waals surface area contributed by atoms with Crippen LogP contribution in [0.4, 0.5) is 26.3 Å². The minimum atomic E-state index is -4.57. The number of aldehydes is 1. The van der Waals surface area contributed by atoms with Gasteiger partial charge in [-0.2, -0.15) is 36.3 Å². The van der Waals surface area contributed by atoms with Crippen molar-refractivity contribution in [3.8, 4) is 45.9 Å². The average molecular weight is 1020 g/mol. The normalized spacial score (nSPS) is 12.0. The molecular formula is C39H23Cl4F6N9O9. The quantitative estimate of drug-likeness (QED) is 0.0564. The first-order chi connectivity index (χ1) is 31.4. The lowest BCUT2D eigenvalue weighted by atomic mass is 10.0. The first kappa shape index (κ1) is 49.3. The molecular weight excluding hydrogens is 994 g/mol. The predicted octanol–water partition coefficient (Wildman–Crippen LogP) is 9.59. The third-order valence-electron chi connectivity index (χ3n) is 8.69. The molecule has 0 aliphatic rings. The molecule has 0 saturated carbocycles. The Labute approximate surface area is 388 Å². The highest BCUT2D eigenvalue weighted by molar-refractivity contribution is 6.34. The summed E-state index contributed by atoms with van der Waals surface area (Å²) in [6.07, 6.45) is -5.26. The zero-order chi connectivity index (χ0) is 49.1. The molecule has 0 spiro atoms. The van der Waals surface area contributed by atoms with Gasteiger partial charge in [0.1, 0.15) is 24.1 Å². The summed E-state index contributed by atoms with van der Waals surface area (Å²) >= 11 is 24.3. The number of aliphatic carboxylic acids is 3. The maximum atomic E-state index is 13.0. The number of carboxylic acids is 3. The maximum absolute atomic E-state index is 13.0. The van der Waals surface area contributed by atoms with Crippen molar-refractivity contribution in [2.24, 2.45) is 5.73 Å². The number of imidazole rings is 2.